The van der Waals surface area contributed by atoms with Crippen LogP contribution in [0, 0.1) is 5.41 Å². The first-order valence-electron chi connectivity index (χ1n) is 14.8. The number of hydrogen-bond acceptors (Lipinski definition) is 9. The van der Waals surface area contributed by atoms with Crippen LogP contribution in [-0.4, -0.2) is 34.7 Å². The Morgan fingerprint density at radius 1 is 1.08 bits per heavy atom. The minimum Gasteiger partial charge on any atom is -0.456 e. The molecule has 1 aromatic heterocycles. The summed E-state index contributed by atoms with van der Waals surface area (Å²) in [5, 5.41) is 12.0. The summed E-state index contributed by atoms with van der Waals surface area (Å²) in [5.74, 6) is 0.612. The Morgan fingerprint density at radius 2 is 1.88 bits per heavy atom. The number of ketones is 1. The van der Waals surface area contributed by atoms with E-state index in [1.807, 2.05) is 18.4 Å². The molecule has 0 fully saturated rings. The van der Waals surface area contributed by atoms with Crippen LogP contribution < -0.4 is 31.7 Å². The smallest absolute Gasteiger partial charge is 0.416 e. The Labute approximate surface area is 281 Å². The minimum absolute atomic E-state index is 0.00947. The normalized spacial score (nSPS) is 13.9. The van der Waals surface area contributed by atoms with Crippen LogP contribution in [0.1, 0.15) is 38.3 Å². The lowest BCUT2D eigenvalue weighted by atomic mass is 9.91. The lowest BCUT2D eigenvalue weighted by Crippen LogP contribution is -2.36. The van der Waals surface area contributed by atoms with E-state index < -0.39 is 17.2 Å². The molecule has 0 radical (unpaired) electrons. The van der Waals surface area contributed by atoms with E-state index in [0.29, 0.717) is 41.4 Å². The molecular weight excluding hydrogens is 647 g/mol. The number of anilines is 3. The lowest BCUT2D eigenvalue weighted by Gasteiger charge is -2.17. The molecule has 0 spiro atoms. The van der Waals surface area contributed by atoms with Gasteiger partial charge in [-0.05, 0) is 67.1 Å². The van der Waals surface area contributed by atoms with Crippen LogP contribution in [0.2, 0.25) is 5.02 Å². The van der Waals surface area contributed by atoms with E-state index in [2.05, 4.69) is 31.2 Å². The maximum absolute atomic E-state index is 13.0. The quantitative estimate of drug-likeness (QED) is 0.177. The van der Waals surface area contributed by atoms with Crippen molar-refractivity contribution in [1.82, 2.24) is 20.6 Å². The Morgan fingerprint density at radius 3 is 2.60 bits per heavy atom. The number of benzene rings is 2. The predicted octanol–water partition coefficient (Wildman–Crippen LogP) is 7.07. The van der Waals surface area contributed by atoms with Crippen molar-refractivity contribution in [2.75, 3.05) is 23.7 Å². The highest BCUT2D eigenvalue weighted by atomic mass is 35.5. The second kappa shape index (κ2) is 15.5. The number of aromatic nitrogens is 2. The van der Waals surface area contributed by atoms with Gasteiger partial charge in [0.15, 0.2) is 5.78 Å². The van der Waals surface area contributed by atoms with Crippen molar-refractivity contribution in [1.29, 1.82) is 0 Å². The zero-order valence-corrected chi connectivity index (χ0v) is 27.2. The van der Waals surface area contributed by atoms with E-state index in [4.69, 9.17) is 22.1 Å². The highest BCUT2D eigenvalue weighted by molar-refractivity contribution is 6.32. The van der Waals surface area contributed by atoms with E-state index in [1.165, 1.54) is 24.5 Å². The summed E-state index contributed by atoms with van der Waals surface area (Å²) in [5.41, 5.74) is 6.29. The van der Waals surface area contributed by atoms with Gasteiger partial charge in [0.05, 0.1) is 22.7 Å². The van der Waals surface area contributed by atoms with Gasteiger partial charge in [-0.2, -0.15) is 13.2 Å². The zero-order valence-electron chi connectivity index (χ0n) is 26.4. The first-order valence-corrected chi connectivity index (χ1v) is 15.2. The van der Waals surface area contributed by atoms with Crippen LogP contribution in [0.25, 0.3) is 6.08 Å². The Kier molecular flexibility index (Phi) is 11.5. The second-order valence-electron chi connectivity index (χ2n) is 11.6. The molecule has 10 nitrogen and oxygen atoms in total. The number of halogens is 4. The zero-order chi connectivity index (χ0) is 34.9. The van der Waals surface area contributed by atoms with Gasteiger partial charge in [-0.3, -0.25) is 9.59 Å². The molecule has 0 bridgehead atoms. The Bertz CT molecular complexity index is 1780. The summed E-state index contributed by atoms with van der Waals surface area (Å²) in [6, 6.07) is 9.19. The van der Waals surface area contributed by atoms with Gasteiger partial charge in [0.1, 0.15) is 29.5 Å². The van der Waals surface area contributed by atoms with E-state index >= 15 is 0 Å². The minimum atomic E-state index is -4.50. The molecule has 6 N–H and O–H groups in total. The topological polar surface area (TPSA) is 143 Å². The second-order valence-corrected chi connectivity index (χ2v) is 12.0. The molecule has 2 aromatic carbocycles. The third kappa shape index (κ3) is 10.1. The maximum Gasteiger partial charge on any atom is 0.416 e. The summed E-state index contributed by atoms with van der Waals surface area (Å²) in [6.07, 6.45) is 8.03. The van der Waals surface area contributed by atoms with Crippen molar-refractivity contribution < 1.29 is 27.5 Å². The number of nitrogens with two attached hydrogens (primary N) is 1. The van der Waals surface area contributed by atoms with Crippen LogP contribution in [0.3, 0.4) is 0 Å². The number of hydrogen-bond donors (Lipinski definition) is 5. The molecule has 252 valence electrons. The molecule has 0 saturated heterocycles. The molecule has 0 unspecified atom stereocenters. The number of nitrogens with zero attached hydrogens (tertiary/aromatic N) is 2. The molecule has 3 heterocycles. The number of alkyl halides is 3. The molecular formula is C34H35ClF3N7O3. The van der Waals surface area contributed by atoms with Crippen molar-refractivity contribution >= 4 is 46.7 Å². The first-order chi connectivity index (χ1) is 22.7. The van der Waals surface area contributed by atoms with Crippen LogP contribution in [-0.2, 0) is 15.8 Å². The number of ether oxygens (including phenoxy) is 1. The monoisotopic (exact) mass is 681 g/mol. The van der Waals surface area contributed by atoms with E-state index in [-0.39, 0.29) is 34.8 Å². The highest BCUT2D eigenvalue weighted by Gasteiger charge is 2.30. The number of carbonyl (C=O) groups is 2. The standard InChI is InChI=1S/C28H27ClF3N5O3.C6H8N2/c1-27(2,3)23(38)14-34-26(39)16-9-10-33-24-20(11-16)25(36-15-35-24)37-18-7-8-22(21(29)13-18)40-19-6-4-5-17(12-19)28(30,31)32;7-6-2-1-4-8-5-3-6/h4-8,11-13,15H,9-10,14H2,1-3H3,(H,34,39)(H2,33,35,36,37);1-5,8H,7H2. The Hall–Kier alpha value is -5.30. The fourth-order valence-electron chi connectivity index (χ4n) is 4.18. The Balaban J connectivity index is 0.000000569. The molecule has 2 aliphatic rings. The van der Waals surface area contributed by atoms with E-state index in [1.54, 1.807) is 51.3 Å². The highest BCUT2D eigenvalue weighted by Crippen LogP contribution is 2.36. The average Bonchev–Trinajstić information content (AvgIpc) is 3.41. The molecule has 3 aromatic rings. The number of allylic oxidation sites excluding steroid dienone is 3. The molecule has 0 atom stereocenters. The SMILES string of the molecule is CC(C)(C)C(=O)CNC(=O)C1=Cc2c(ncnc2Nc2ccc(Oc3cccc(C(F)(F)F)c3)c(Cl)c2)NCC1.NC1=CC=CNC=C1. The van der Waals surface area contributed by atoms with E-state index in [0.717, 1.165) is 17.8 Å². The molecule has 14 heteroatoms. The van der Waals surface area contributed by atoms with Gasteiger partial charge in [0, 0.05) is 41.3 Å². The maximum atomic E-state index is 13.0. The first kappa shape index (κ1) is 35.6. The summed E-state index contributed by atoms with van der Waals surface area (Å²) in [4.78, 5) is 33.7. The van der Waals surface area contributed by atoms with Crippen molar-refractivity contribution in [3.8, 4) is 11.5 Å². The van der Waals surface area contributed by atoms with Crippen LogP contribution in [0.15, 0.2) is 90.7 Å². The van der Waals surface area contributed by atoms with Crippen molar-refractivity contribution in [3.05, 3.63) is 107 Å². The summed E-state index contributed by atoms with van der Waals surface area (Å²) >= 11 is 6.38. The fourth-order valence-corrected chi connectivity index (χ4v) is 4.40. The van der Waals surface area contributed by atoms with Gasteiger partial charge in [0.25, 0.3) is 0 Å². The van der Waals surface area contributed by atoms with Crippen LogP contribution >= 0.6 is 11.6 Å². The number of rotatable bonds is 7. The molecule has 0 aliphatic carbocycles. The van der Waals surface area contributed by atoms with Crippen molar-refractivity contribution in [2.45, 2.75) is 33.4 Å². The van der Waals surface area contributed by atoms with Gasteiger partial charge in [-0.25, -0.2) is 9.97 Å². The molecule has 5 rings (SSSR count). The molecule has 0 saturated carbocycles. The summed E-state index contributed by atoms with van der Waals surface area (Å²) in [7, 11) is 0. The molecule has 1 amide bonds. The average molecular weight is 682 g/mol. The lowest BCUT2D eigenvalue weighted by molar-refractivity contribution is -0.137. The van der Waals surface area contributed by atoms with Gasteiger partial charge >= 0.3 is 6.18 Å². The predicted molar refractivity (Wildman–Crippen MR) is 181 cm³/mol. The third-order valence-corrected chi connectivity index (χ3v) is 7.16. The van der Waals surface area contributed by atoms with E-state index in [9.17, 15) is 22.8 Å². The number of fused-ring (bicyclic) bond motifs is 1. The van der Waals surface area contributed by atoms with Crippen LogP contribution in [0.5, 0.6) is 11.5 Å². The van der Waals surface area contributed by atoms with Gasteiger partial charge in [0.2, 0.25) is 5.91 Å². The van der Waals surface area contributed by atoms with Gasteiger partial charge in [-0.1, -0.05) is 38.4 Å². The van der Waals surface area contributed by atoms with Crippen molar-refractivity contribution in [2.24, 2.45) is 11.1 Å². The van der Waals surface area contributed by atoms with Gasteiger partial charge in [-0.15, -0.1) is 0 Å². The van der Waals surface area contributed by atoms with Gasteiger partial charge < -0.3 is 31.7 Å². The van der Waals surface area contributed by atoms with Crippen molar-refractivity contribution in [3.63, 3.8) is 0 Å². The third-order valence-electron chi connectivity index (χ3n) is 6.86. The number of Topliss-reactive ketones (excluding diaryl/α,β-unsaturated/α-hetero) is 1. The van der Waals surface area contributed by atoms with Crippen LogP contribution in [0.4, 0.5) is 30.5 Å². The number of amides is 1. The summed E-state index contributed by atoms with van der Waals surface area (Å²) in [6.45, 7) is 5.74. The molecule has 2 aliphatic heterocycles. The fraction of sp³-hybridized carbons (Fsp3) is 0.235. The molecule has 48 heavy (non-hydrogen) atoms. The number of carbonyl (C=O) groups excluding carboxylic acids is 2. The largest absolute Gasteiger partial charge is 0.456 e. The number of nitrogens with one attached hydrogen (secondary N) is 4. The summed E-state index contributed by atoms with van der Waals surface area (Å²) < 4.78 is 44.7.